The summed E-state index contributed by atoms with van der Waals surface area (Å²) in [4.78, 5) is 11.1. The van der Waals surface area contributed by atoms with E-state index >= 15 is 0 Å². The molecule has 0 atom stereocenters. The molecule has 0 N–H and O–H groups in total. The highest BCUT2D eigenvalue weighted by molar-refractivity contribution is 9.10. The molecule has 0 aliphatic carbocycles. The van der Waals surface area contributed by atoms with Crippen molar-refractivity contribution < 1.29 is 12.3 Å². The summed E-state index contributed by atoms with van der Waals surface area (Å²) in [5, 5.41) is 0. The quantitative estimate of drug-likeness (QED) is 0.674. The molecule has 0 unspecified atom stereocenters. The van der Waals surface area contributed by atoms with E-state index in [-0.39, 0.29) is 17.6 Å². The molecule has 0 fully saturated rings. The fourth-order valence-electron chi connectivity index (χ4n) is 0.607. The predicted octanol–water partition coefficient (Wildman–Crippen LogP) is 2.24. The van der Waals surface area contributed by atoms with Crippen molar-refractivity contribution in [2.75, 3.05) is 7.11 Å². The second-order valence-corrected chi connectivity index (χ2v) is 2.67. The Labute approximate surface area is 76.1 Å². The number of carbonyl (C=O) groups excluding carboxylic acids is 1. The zero-order valence-electron chi connectivity index (χ0n) is 7.85. The molecule has 1 rings (SSSR count). The summed E-state index contributed by atoms with van der Waals surface area (Å²) >= 11 is 3.10. The van der Waals surface area contributed by atoms with E-state index in [0.29, 0.717) is 4.47 Å². The minimum atomic E-state index is -0.656. The first-order valence-corrected chi connectivity index (χ1v) is 3.71. The highest BCUT2D eigenvalue weighted by Gasteiger charge is 2.03. The summed E-state index contributed by atoms with van der Waals surface area (Å²) in [5.41, 5.74) is -0.0168. The Hall–Kier alpha value is -0.830. The summed E-state index contributed by atoms with van der Waals surface area (Å²) in [6.07, 6.45) is 0. The van der Waals surface area contributed by atoms with Gasteiger partial charge in [-0.15, -0.1) is 0 Å². The number of rotatable bonds is 1. The third-order valence-corrected chi connectivity index (χ3v) is 1.55. The average molecular weight is 217 g/mol. The Morgan fingerprint density at radius 1 is 1.82 bits per heavy atom. The highest BCUT2D eigenvalue weighted by atomic mass is 79.9. The molecule has 0 spiro atoms. The largest absolute Gasteiger partial charge is 0.465 e. The lowest BCUT2D eigenvalue weighted by molar-refractivity contribution is 0.0600. The van der Waals surface area contributed by atoms with Gasteiger partial charge in [-0.3, -0.25) is 0 Å². The molecule has 2 nitrogen and oxygen atoms in total. The van der Waals surface area contributed by atoms with Crippen LogP contribution in [0.25, 0.3) is 0 Å². The van der Waals surface area contributed by atoms with Crippen molar-refractivity contribution in [3.63, 3.8) is 0 Å². The lowest BCUT2D eigenvalue weighted by atomic mass is 10.2. The molecule has 58 valence electrons. The van der Waals surface area contributed by atoms with Crippen LogP contribution in [0.5, 0.6) is 0 Å². The molecule has 0 heterocycles. The highest BCUT2D eigenvalue weighted by Crippen LogP contribution is 2.11. The SMILES string of the molecule is [2H]c1ccc(Br)c([2H])c1C(=O)OC. The first-order chi connectivity index (χ1) is 6.07. The minimum Gasteiger partial charge on any atom is -0.465 e. The maximum atomic E-state index is 11.1. The van der Waals surface area contributed by atoms with Gasteiger partial charge in [-0.05, 0) is 18.2 Å². The first-order valence-electron chi connectivity index (χ1n) is 3.92. The molecular formula is C8H7BrO2. The van der Waals surface area contributed by atoms with E-state index in [1.807, 2.05) is 0 Å². The minimum absolute atomic E-state index is 0.0000463. The van der Waals surface area contributed by atoms with Gasteiger partial charge in [0, 0.05) is 4.47 Å². The number of hydrogen-bond donors (Lipinski definition) is 0. The van der Waals surface area contributed by atoms with Crippen LogP contribution in [0.2, 0.25) is 0 Å². The van der Waals surface area contributed by atoms with Gasteiger partial charge in [0.15, 0.2) is 0 Å². The van der Waals surface area contributed by atoms with Crippen LogP contribution in [0.15, 0.2) is 28.7 Å². The van der Waals surface area contributed by atoms with Gasteiger partial charge in [0.25, 0.3) is 0 Å². The van der Waals surface area contributed by atoms with Gasteiger partial charge in [0.1, 0.15) is 0 Å². The smallest absolute Gasteiger partial charge is 0.337 e. The molecular weight excluding hydrogens is 208 g/mol. The standard InChI is InChI=1S/C8H7BrO2/c1-11-8(10)6-3-2-4-7(9)5-6/h2-5H,1H3/i3D,5D. The second-order valence-electron chi connectivity index (χ2n) is 1.82. The van der Waals surface area contributed by atoms with Crippen molar-refractivity contribution in [1.29, 1.82) is 0 Å². The average Bonchev–Trinajstić information content (AvgIpc) is 2.12. The summed E-state index contributed by atoms with van der Waals surface area (Å²) < 4.78 is 19.8. The van der Waals surface area contributed by atoms with E-state index < -0.39 is 5.97 Å². The summed E-state index contributed by atoms with van der Waals surface area (Å²) in [6, 6.07) is 2.98. The third kappa shape index (κ3) is 2.05. The van der Waals surface area contributed by atoms with Gasteiger partial charge in [0.05, 0.1) is 15.4 Å². The lowest BCUT2D eigenvalue weighted by Gasteiger charge is -1.97. The Bertz CT molecular complexity index is 352. The zero-order valence-corrected chi connectivity index (χ0v) is 7.44. The van der Waals surface area contributed by atoms with Gasteiger partial charge in [-0.1, -0.05) is 22.0 Å². The molecule has 0 aliphatic heterocycles. The van der Waals surface area contributed by atoms with Crippen LogP contribution >= 0.6 is 15.9 Å². The Kier molecular flexibility index (Phi) is 1.85. The van der Waals surface area contributed by atoms with Gasteiger partial charge in [0.2, 0.25) is 0 Å². The molecule has 0 aliphatic rings. The first kappa shape index (κ1) is 5.77. The van der Waals surface area contributed by atoms with Crippen LogP contribution in [0.1, 0.15) is 13.1 Å². The number of carbonyl (C=O) groups is 1. The number of ether oxygens (including phenoxy) is 1. The van der Waals surface area contributed by atoms with E-state index in [0.717, 1.165) is 0 Å². The van der Waals surface area contributed by atoms with Crippen LogP contribution in [-0.4, -0.2) is 13.1 Å². The van der Waals surface area contributed by atoms with Crippen molar-refractivity contribution >= 4 is 21.9 Å². The number of esters is 1. The van der Waals surface area contributed by atoms with Crippen LogP contribution < -0.4 is 0 Å². The Balaban J connectivity index is 3.33. The molecule has 1 aromatic carbocycles. The van der Waals surface area contributed by atoms with E-state index in [1.54, 1.807) is 6.07 Å². The summed E-state index contributed by atoms with van der Waals surface area (Å²) in [5.74, 6) is -0.656. The molecule has 0 saturated carbocycles. The maximum Gasteiger partial charge on any atom is 0.337 e. The fraction of sp³-hybridized carbons (Fsp3) is 0.125. The number of methoxy groups -OCH3 is 1. The van der Waals surface area contributed by atoms with Crippen molar-refractivity contribution in [2.24, 2.45) is 0 Å². The van der Waals surface area contributed by atoms with Gasteiger partial charge in [-0.2, -0.15) is 0 Å². The summed E-state index contributed by atoms with van der Waals surface area (Å²) in [7, 11) is 1.22. The van der Waals surface area contributed by atoms with Crippen LogP contribution in [0.4, 0.5) is 0 Å². The van der Waals surface area contributed by atoms with E-state index in [4.69, 9.17) is 2.74 Å². The molecule has 1 aromatic rings. The summed E-state index contributed by atoms with van der Waals surface area (Å²) in [6.45, 7) is 0. The van der Waals surface area contributed by atoms with Crippen LogP contribution in [0, 0.1) is 0 Å². The van der Waals surface area contributed by atoms with Crippen molar-refractivity contribution in [3.8, 4) is 0 Å². The molecule has 0 amide bonds. The monoisotopic (exact) mass is 216 g/mol. The van der Waals surface area contributed by atoms with Crippen molar-refractivity contribution in [1.82, 2.24) is 0 Å². The lowest BCUT2D eigenvalue weighted by Crippen LogP contribution is -2.00. The topological polar surface area (TPSA) is 26.3 Å². The Morgan fingerprint density at radius 2 is 2.55 bits per heavy atom. The van der Waals surface area contributed by atoms with E-state index in [1.165, 1.54) is 13.2 Å². The molecule has 0 bridgehead atoms. The van der Waals surface area contributed by atoms with Gasteiger partial charge >= 0.3 is 5.97 Å². The molecule has 0 saturated heterocycles. The van der Waals surface area contributed by atoms with E-state index in [2.05, 4.69) is 20.7 Å². The fourth-order valence-corrected chi connectivity index (χ4v) is 0.938. The zero-order chi connectivity index (χ0) is 10.0. The maximum absolute atomic E-state index is 11.1. The molecule has 3 heteroatoms. The van der Waals surface area contributed by atoms with Crippen LogP contribution in [0.3, 0.4) is 0 Å². The molecule has 11 heavy (non-hydrogen) atoms. The second kappa shape index (κ2) is 3.53. The van der Waals surface area contributed by atoms with Gasteiger partial charge in [-0.25, -0.2) is 4.79 Å². The third-order valence-electron chi connectivity index (χ3n) is 1.09. The van der Waals surface area contributed by atoms with Gasteiger partial charge < -0.3 is 4.74 Å². The number of hydrogen-bond acceptors (Lipinski definition) is 2. The normalized spacial score (nSPS) is 11.8. The molecule has 0 aromatic heterocycles. The van der Waals surface area contributed by atoms with Crippen LogP contribution in [-0.2, 0) is 4.74 Å². The van der Waals surface area contributed by atoms with Crippen molar-refractivity contribution in [3.05, 3.63) is 34.3 Å². The number of benzene rings is 1. The molecule has 0 radical (unpaired) electrons. The predicted molar refractivity (Wildman–Crippen MR) is 45.5 cm³/mol. The van der Waals surface area contributed by atoms with Crippen molar-refractivity contribution in [2.45, 2.75) is 0 Å². The Morgan fingerprint density at radius 3 is 3.18 bits per heavy atom. The number of halogens is 1. The van der Waals surface area contributed by atoms with E-state index in [9.17, 15) is 4.79 Å².